The summed E-state index contributed by atoms with van der Waals surface area (Å²) in [6.07, 6.45) is 2.06. The third kappa shape index (κ3) is 9.26. The fourth-order valence-corrected chi connectivity index (χ4v) is 1.51. The van der Waals surface area contributed by atoms with Gasteiger partial charge in [-0.15, -0.1) is 0 Å². The summed E-state index contributed by atoms with van der Waals surface area (Å²) in [6, 6.07) is 0. The normalized spacial score (nSPS) is 10.0. The number of hydrogen-bond acceptors (Lipinski definition) is 8. The van der Waals surface area contributed by atoms with Crippen LogP contribution in [0.5, 0.6) is 0 Å². The number of carbonyl (C=O) groups is 4. The van der Waals surface area contributed by atoms with Crippen LogP contribution in [0.25, 0.3) is 0 Å². The molecule has 0 heterocycles. The Hall–Kier alpha value is -3.10. The highest BCUT2D eigenvalue weighted by Gasteiger charge is 2.37. The van der Waals surface area contributed by atoms with Crippen molar-refractivity contribution in [3.63, 3.8) is 0 Å². The molecule has 0 aromatic heterocycles. The van der Waals surface area contributed by atoms with Gasteiger partial charge >= 0.3 is 24.0 Å². The minimum Gasteiger partial charge on any atom is -0.462 e. The van der Waals surface area contributed by atoms with Gasteiger partial charge in [0.05, 0.1) is 0 Å². The van der Waals surface area contributed by atoms with E-state index in [2.05, 4.69) is 25.1 Å². The topological polar surface area (TPSA) is 117 Å². The van der Waals surface area contributed by atoms with E-state index in [-0.39, 0.29) is 26.4 Å². The summed E-state index contributed by atoms with van der Waals surface area (Å²) in [7, 11) is 0. The number of rotatable bonds is 12. The quantitative estimate of drug-likeness (QED) is 0.306. The molecule has 0 rings (SSSR count). The third-order valence-electron chi connectivity index (χ3n) is 2.89. The van der Waals surface area contributed by atoms with E-state index in [0.717, 1.165) is 18.2 Å². The summed E-state index contributed by atoms with van der Waals surface area (Å²) >= 11 is 0. The van der Waals surface area contributed by atoms with Crippen molar-refractivity contribution < 1.29 is 38.1 Å². The van der Waals surface area contributed by atoms with E-state index in [1.54, 1.807) is 6.92 Å². The molecular formula is C17H23NO8. The molecule has 0 aromatic carbocycles. The summed E-state index contributed by atoms with van der Waals surface area (Å²) in [6.45, 7) is 10.4. The molecule has 0 bridgehead atoms. The molecule has 1 N–H and O–H groups in total. The van der Waals surface area contributed by atoms with Crippen molar-refractivity contribution in [1.29, 1.82) is 0 Å². The molecule has 0 saturated heterocycles. The van der Waals surface area contributed by atoms with Gasteiger partial charge in [0.25, 0.3) is 0 Å². The Morgan fingerprint density at radius 1 is 0.769 bits per heavy atom. The summed E-state index contributed by atoms with van der Waals surface area (Å²) < 4.78 is 20.0. The molecule has 0 aliphatic heterocycles. The molecule has 9 nitrogen and oxygen atoms in total. The molecule has 0 aliphatic rings. The van der Waals surface area contributed by atoms with Gasteiger partial charge in [-0.3, -0.25) is 0 Å². The average Bonchev–Trinajstić information content (AvgIpc) is 2.65. The number of carbonyl (C=O) groups excluding carboxylic acids is 4. The van der Waals surface area contributed by atoms with Gasteiger partial charge in [0, 0.05) is 24.8 Å². The van der Waals surface area contributed by atoms with Gasteiger partial charge in [-0.2, -0.15) is 0 Å². The van der Waals surface area contributed by atoms with Gasteiger partial charge < -0.3 is 24.3 Å². The Morgan fingerprint density at radius 2 is 1.12 bits per heavy atom. The third-order valence-corrected chi connectivity index (χ3v) is 2.89. The second-order valence-corrected chi connectivity index (χ2v) is 5.04. The van der Waals surface area contributed by atoms with Crippen LogP contribution in [0.4, 0.5) is 4.79 Å². The lowest BCUT2D eigenvalue weighted by Gasteiger charge is -2.31. The van der Waals surface area contributed by atoms with Crippen molar-refractivity contribution in [2.75, 3.05) is 33.0 Å². The predicted octanol–water partition coefficient (Wildman–Crippen LogP) is 0.906. The van der Waals surface area contributed by atoms with Gasteiger partial charge in [0.2, 0.25) is 0 Å². The van der Waals surface area contributed by atoms with Crippen molar-refractivity contribution in [3.8, 4) is 0 Å². The molecule has 0 radical (unpaired) electrons. The van der Waals surface area contributed by atoms with Crippen LogP contribution in [0.2, 0.25) is 0 Å². The summed E-state index contributed by atoms with van der Waals surface area (Å²) in [4.78, 5) is 45.7. The van der Waals surface area contributed by atoms with Crippen LogP contribution in [-0.4, -0.2) is 57.0 Å². The molecule has 0 unspecified atom stereocenters. The van der Waals surface area contributed by atoms with Crippen LogP contribution >= 0.6 is 0 Å². The summed E-state index contributed by atoms with van der Waals surface area (Å²) in [5.41, 5.74) is -1.33. The van der Waals surface area contributed by atoms with E-state index in [9.17, 15) is 19.2 Å². The SMILES string of the molecule is C=CC(=O)OCC(COC(=O)C=C)(COC(=O)C=C)COC(=O)NCC. The molecular weight excluding hydrogens is 346 g/mol. The van der Waals surface area contributed by atoms with Crippen molar-refractivity contribution >= 4 is 24.0 Å². The van der Waals surface area contributed by atoms with E-state index in [1.165, 1.54) is 0 Å². The maximum absolute atomic E-state index is 11.6. The second-order valence-electron chi connectivity index (χ2n) is 5.04. The summed E-state index contributed by atoms with van der Waals surface area (Å²) in [5, 5.41) is 2.41. The largest absolute Gasteiger partial charge is 0.462 e. The lowest BCUT2D eigenvalue weighted by molar-refractivity contribution is -0.159. The van der Waals surface area contributed by atoms with E-state index >= 15 is 0 Å². The smallest absolute Gasteiger partial charge is 0.407 e. The molecule has 0 atom stereocenters. The molecule has 0 saturated carbocycles. The Kier molecular flexibility index (Phi) is 10.8. The van der Waals surface area contributed by atoms with Crippen molar-refractivity contribution in [1.82, 2.24) is 5.32 Å². The number of amides is 1. The van der Waals surface area contributed by atoms with Crippen LogP contribution < -0.4 is 5.32 Å². The highest BCUT2D eigenvalue weighted by molar-refractivity contribution is 5.82. The average molecular weight is 369 g/mol. The fourth-order valence-electron chi connectivity index (χ4n) is 1.51. The first-order chi connectivity index (χ1) is 12.3. The van der Waals surface area contributed by atoms with Crippen LogP contribution in [0.15, 0.2) is 38.0 Å². The number of esters is 3. The van der Waals surface area contributed by atoms with Gasteiger partial charge in [-0.05, 0) is 6.92 Å². The van der Waals surface area contributed by atoms with E-state index < -0.39 is 29.4 Å². The van der Waals surface area contributed by atoms with Crippen LogP contribution in [0.3, 0.4) is 0 Å². The highest BCUT2D eigenvalue weighted by atomic mass is 16.6. The highest BCUT2D eigenvalue weighted by Crippen LogP contribution is 2.21. The molecule has 26 heavy (non-hydrogen) atoms. The van der Waals surface area contributed by atoms with Crippen LogP contribution in [-0.2, 0) is 33.3 Å². The fraction of sp³-hybridized carbons (Fsp3) is 0.412. The maximum Gasteiger partial charge on any atom is 0.407 e. The van der Waals surface area contributed by atoms with Crippen molar-refractivity contribution in [3.05, 3.63) is 38.0 Å². The minimum absolute atomic E-state index is 0.328. The van der Waals surface area contributed by atoms with Crippen LogP contribution in [0, 0.1) is 5.41 Å². The van der Waals surface area contributed by atoms with Gasteiger partial charge in [-0.25, -0.2) is 19.2 Å². The molecule has 0 spiro atoms. The Balaban J connectivity index is 5.34. The van der Waals surface area contributed by atoms with Gasteiger partial charge in [0.15, 0.2) is 0 Å². The zero-order valence-corrected chi connectivity index (χ0v) is 14.7. The monoisotopic (exact) mass is 369 g/mol. The minimum atomic E-state index is -1.33. The molecule has 0 aliphatic carbocycles. The zero-order valence-electron chi connectivity index (χ0n) is 14.7. The first-order valence-electron chi connectivity index (χ1n) is 7.60. The standard InChI is InChI=1S/C17H23NO8/c1-5-13(19)23-9-17(10-24-14(20)6-2,11-25-15(21)7-3)12-26-16(22)18-8-4/h5-7H,1-3,8-12H2,4H3,(H,18,22). The number of nitrogens with one attached hydrogen (secondary N) is 1. The zero-order chi connectivity index (χ0) is 20.0. The van der Waals surface area contributed by atoms with Gasteiger partial charge in [-0.1, -0.05) is 19.7 Å². The van der Waals surface area contributed by atoms with Crippen LogP contribution in [0.1, 0.15) is 6.92 Å². The van der Waals surface area contributed by atoms with E-state index in [0.29, 0.717) is 6.54 Å². The maximum atomic E-state index is 11.6. The first kappa shape index (κ1) is 22.9. The second kappa shape index (κ2) is 12.3. The van der Waals surface area contributed by atoms with Crippen molar-refractivity contribution in [2.24, 2.45) is 5.41 Å². The molecule has 144 valence electrons. The molecule has 1 amide bonds. The predicted molar refractivity (Wildman–Crippen MR) is 90.9 cm³/mol. The Bertz CT molecular complexity index is 495. The first-order valence-corrected chi connectivity index (χ1v) is 7.60. The van der Waals surface area contributed by atoms with Crippen molar-refractivity contribution in [2.45, 2.75) is 6.92 Å². The molecule has 0 aromatic rings. The number of hydrogen-bond donors (Lipinski definition) is 1. The van der Waals surface area contributed by atoms with Gasteiger partial charge in [0.1, 0.15) is 31.8 Å². The summed E-state index contributed by atoms with van der Waals surface area (Å²) in [5.74, 6) is -2.26. The van der Waals surface area contributed by atoms with E-state index in [1.807, 2.05) is 0 Å². The Labute approximate surface area is 151 Å². The lowest BCUT2D eigenvalue weighted by atomic mass is 9.92. The lowest BCUT2D eigenvalue weighted by Crippen LogP contribution is -2.44. The molecule has 0 fully saturated rings. The Morgan fingerprint density at radius 3 is 1.42 bits per heavy atom. The molecule has 9 heteroatoms. The van der Waals surface area contributed by atoms with E-state index in [4.69, 9.17) is 18.9 Å². The number of ether oxygens (including phenoxy) is 4. The number of alkyl carbamates (subject to hydrolysis) is 1.